The first kappa shape index (κ1) is 8.52. The van der Waals surface area contributed by atoms with Gasteiger partial charge in [-0.1, -0.05) is 42.5 Å². The summed E-state index contributed by atoms with van der Waals surface area (Å²) >= 11 is 0. The van der Waals surface area contributed by atoms with Crippen molar-refractivity contribution in [2.45, 2.75) is 25.6 Å². The van der Waals surface area contributed by atoms with Crippen molar-refractivity contribution in [3.8, 4) is 0 Å². The highest BCUT2D eigenvalue weighted by molar-refractivity contribution is 5.19. The maximum absolute atomic E-state index is 5.79. The van der Waals surface area contributed by atoms with Crippen LogP contribution in [0.1, 0.15) is 25.0 Å². The summed E-state index contributed by atoms with van der Waals surface area (Å²) in [5, 5.41) is 0. The highest BCUT2D eigenvalue weighted by atomic mass is 16.5. The zero-order chi connectivity index (χ0) is 9.10. The molecule has 68 valence electrons. The Hall–Kier alpha value is -1.08. The Bertz CT molecular complexity index is 289. The maximum atomic E-state index is 5.79. The third-order valence-corrected chi connectivity index (χ3v) is 2.31. The Kier molecular flexibility index (Phi) is 2.46. The Labute approximate surface area is 79.0 Å². The first-order valence-electron chi connectivity index (χ1n) is 4.73. The summed E-state index contributed by atoms with van der Waals surface area (Å²) in [4.78, 5) is 0. The van der Waals surface area contributed by atoms with Crippen LogP contribution in [-0.4, -0.2) is 6.10 Å². The van der Waals surface area contributed by atoms with E-state index < -0.39 is 0 Å². The molecule has 0 amide bonds. The zero-order valence-electron chi connectivity index (χ0n) is 7.81. The van der Waals surface area contributed by atoms with Gasteiger partial charge in [-0.3, -0.25) is 0 Å². The van der Waals surface area contributed by atoms with Crippen LogP contribution in [0.3, 0.4) is 0 Å². The van der Waals surface area contributed by atoms with Crippen LogP contribution >= 0.6 is 0 Å². The second-order valence-electron chi connectivity index (χ2n) is 3.40. The van der Waals surface area contributed by atoms with E-state index in [-0.39, 0.29) is 12.2 Å². The molecule has 1 heterocycles. The second-order valence-corrected chi connectivity index (χ2v) is 3.40. The highest BCUT2D eigenvalue weighted by Gasteiger charge is 2.15. The molecule has 1 aliphatic rings. The van der Waals surface area contributed by atoms with E-state index in [0.29, 0.717) is 0 Å². The van der Waals surface area contributed by atoms with E-state index in [1.54, 1.807) is 0 Å². The van der Waals surface area contributed by atoms with Gasteiger partial charge in [0.25, 0.3) is 0 Å². The summed E-state index contributed by atoms with van der Waals surface area (Å²) < 4.78 is 5.79. The Balaban J connectivity index is 2.15. The van der Waals surface area contributed by atoms with Crippen LogP contribution in [-0.2, 0) is 4.74 Å². The normalized spacial score (nSPS) is 27.5. The number of rotatable bonds is 1. The first-order valence-corrected chi connectivity index (χ1v) is 4.73. The van der Waals surface area contributed by atoms with Crippen LogP contribution in [0.4, 0.5) is 0 Å². The molecule has 0 aliphatic carbocycles. The highest BCUT2D eigenvalue weighted by Crippen LogP contribution is 2.26. The standard InChI is InChI=1S/C12H14O/c1-10-6-5-9-12(13-10)11-7-3-2-4-8-11/h2-8,10,12H,9H2,1H3/t10-,12+/m0/s1. The van der Waals surface area contributed by atoms with Gasteiger partial charge in [0, 0.05) is 0 Å². The van der Waals surface area contributed by atoms with E-state index in [1.807, 2.05) is 6.07 Å². The minimum Gasteiger partial charge on any atom is -0.366 e. The number of hydrogen-bond donors (Lipinski definition) is 0. The lowest BCUT2D eigenvalue weighted by atomic mass is 10.0. The Morgan fingerprint density at radius 2 is 2.00 bits per heavy atom. The van der Waals surface area contributed by atoms with Gasteiger partial charge in [-0.2, -0.15) is 0 Å². The molecular weight excluding hydrogens is 160 g/mol. The molecule has 1 aromatic carbocycles. The van der Waals surface area contributed by atoms with Gasteiger partial charge >= 0.3 is 0 Å². The van der Waals surface area contributed by atoms with Crippen molar-refractivity contribution in [3.63, 3.8) is 0 Å². The summed E-state index contributed by atoms with van der Waals surface area (Å²) in [6.07, 6.45) is 5.81. The minimum absolute atomic E-state index is 0.249. The average Bonchev–Trinajstić information content (AvgIpc) is 2.19. The molecule has 0 spiro atoms. The van der Waals surface area contributed by atoms with Crippen LogP contribution in [0.2, 0.25) is 0 Å². The van der Waals surface area contributed by atoms with Gasteiger partial charge < -0.3 is 4.74 Å². The topological polar surface area (TPSA) is 9.23 Å². The average molecular weight is 174 g/mol. The molecule has 1 aliphatic heterocycles. The molecule has 0 unspecified atom stereocenters. The minimum atomic E-state index is 0.249. The van der Waals surface area contributed by atoms with Crippen LogP contribution in [0.25, 0.3) is 0 Å². The fourth-order valence-corrected chi connectivity index (χ4v) is 1.64. The maximum Gasteiger partial charge on any atom is 0.0867 e. The van der Waals surface area contributed by atoms with Gasteiger partial charge in [-0.15, -0.1) is 0 Å². The van der Waals surface area contributed by atoms with Crippen molar-refractivity contribution >= 4 is 0 Å². The fraction of sp³-hybridized carbons (Fsp3) is 0.333. The smallest absolute Gasteiger partial charge is 0.0867 e. The van der Waals surface area contributed by atoms with E-state index >= 15 is 0 Å². The van der Waals surface area contributed by atoms with E-state index in [4.69, 9.17) is 4.74 Å². The van der Waals surface area contributed by atoms with Gasteiger partial charge in [-0.25, -0.2) is 0 Å². The summed E-state index contributed by atoms with van der Waals surface area (Å²) in [5.74, 6) is 0. The third kappa shape index (κ3) is 1.99. The lowest BCUT2D eigenvalue weighted by Crippen LogP contribution is -2.14. The van der Waals surface area contributed by atoms with E-state index in [9.17, 15) is 0 Å². The molecule has 1 nitrogen and oxygen atoms in total. The predicted octanol–water partition coefficient (Wildman–Crippen LogP) is 3.09. The summed E-state index contributed by atoms with van der Waals surface area (Å²) in [6, 6.07) is 10.4. The van der Waals surface area contributed by atoms with E-state index in [0.717, 1.165) is 6.42 Å². The van der Waals surface area contributed by atoms with E-state index in [1.165, 1.54) is 5.56 Å². The molecule has 0 saturated carbocycles. The Morgan fingerprint density at radius 1 is 1.23 bits per heavy atom. The molecule has 0 bridgehead atoms. The molecule has 0 N–H and O–H groups in total. The Morgan fingerprint density at radius 3 is 2.69 bits per heavy atom. The number of hydrogen-bond acceptors (Lipinski definition) is 1. The van der Waals surface area contributed by atoms with Gasteiger partial charge in [0.15, 0.2) is 0 Å². The monoisotopic (exact) mass is 174 g/mol. The number of ether oxygens (including phenoxy) is 1. The molecule has 2 rings (SSSR count). The number of benzene rings is 1. The lowest BCUT2D eigenvalue weighted by Gasteiger charge is -2.23. The lowest BCUT2D eigenvalue weighted by molar-refractivity contribution is 0.0146. The summed E-state index contributed by atoms with van der Waals surface area (Å²) in [6.45, 7) is 2.08. The van der Waals surface area contributed by atoms with Gasteiger partial charge in [0.1, 0.15) is 0 Å². The molecule has 1 heteroatoms. The zero-order valence-corrected chi connectivity index (χ0v) is 7.81. The van der Waals surface area contributed by atoms with Crippen molar-refractivity contribution in [3.05, 3.63) is 48.0 Å². The molecule has 0 saturated heterocycles. The van der Waals surface area contributed by atoms with Crippen molar-refractivity contribution in [1.82, 2.24) is 0 Å². The first-order chi connectivity index (χ1) is 6.36. The van der Waals surface area contributed by atoms with Crippen LogP contribution in [0.5, 0.6) is 0 Å². The van der Waals surface area contributed by atoms with Crippen molar-refractivity contribution in [2.24, 2.45) is 0 Å². The SMILES string of the molecule is C[C@H]1C=CC[C@H](c2ccccc2)O1. The largest absolute Gasteiger partial charge is 0.366 e. The van der Waals surface area contributed by atoms with Gasteiger partial charge in [0.05, 0.1) is 12.2 Å². The van der Waals surface area contributed by atoms with Crippen LogP contribution in [0.15, 0.2) is 42.5 Å². The van der Waals surface area contributed by atoms with Crippen LogP contribution in [0, 0.1) is 0 Å². The van der Waals surface area contributed by atoms with Crippen molar-refractivity contribution < 1.29 is 4.74 Å². The summed E-state index contributed by atoms with van der Waals surface area (Å²) in [5.41, 5.74) is 1.28. The quantitative estimate of drug-likeness (QED) is 0.594. The fourth-order valence-electron chi connectivity index (χ4n) is 1.64. The van der Waals surface area contributed by atoms with Crippen molar-refractivity contribution in [1.29, 1.82) is 0 Å². The van der Waals surface area contributed by atoms with Crippen molar-refractivity contribution in [2.75, 3.05) is 0 Å². The van der Waals surface area contributed by atoms with E-state index in [2.05, 4.69) is 43.3 Å². The predicted molar refractivity (Wildman–Crippen MR) is 53.5 cm³/mol. The second kappa shape index (κ2) is 3.75. The molecule has 13 heavy (non-hydrogen) atoms. The molecule has 0 aromatic heterocycles. The molecule has 2 atom stereocenters. The van der Waals surface area contributed by atoms with Gasteiger partial charge in [0.2, 0.25) is 0 Å². The van der Waals surface area contributed by atoms with Gasteiger partial charge in [-0.05, 0) is 18.9 Å². The summed E-state index contributed by atoms with van der Waals surface area (Å²) in [7, 11) is 0. The molecule has 0 fully saturated rings. The third-order valence-electron chi connectivity index (χ3n) is 2.31. The molecular formula is C12H14O. The van der Waals surface area contributed by atoms with Crippen LogP contribution < -0.4 is 0 Å². The molecule has 1 aromatic rings. The molecule has 0 radical (unpaired) electrons.